The van der Waals surface area contributed by atoms with Gasteiger partial charge in [0.15, 0.2) is 5.96 Å². The van der Waals surface area contributed by atoms with Crippen molar-refractivity contribution in [2.45, 2.75) is 37.5 Å². The van der Waals surface area contributed by atoms with Crippen LogP contribution in [0.1, 0.15) is 37.7 Å². The predicted octanol–water partition coefficient (Wildman–Crippen LogP) is 2.58. The first kappa shape index (κ1) is 16.2. The van der Waals surface area contributed by atoms with Crippen LogP contribution in [0.15, 0.2) is 29.3 Å². The van der Waals surface area contributed by atoms with Crippen molar-refractivity contribution in [2.75, 3.05) is 26.3 Å². The van der Waals surface area contributed by atoms with Crippen LogP contribution in [0.25, 0.3) is 0 Å². The number of halogens is 1. The summed E-state index contributed by atoms with van der Waals surface area (Å²) in [5.74, 6) is 1.06. The molecule has 1 saturated heterocycles. The van der Waals surface area contributed by atoms with Gasteiger partial charge in [-0.3, -0.25) is 4.99 Å². The zero-order chi connectivity index (χ0) is 16.1. The van der Waals surface area contributed by atoms with Crippen LogP contribution in [0, 0.1) is 11.7 Å². The molecule has 0 radical (unpaired) electrons. The third-order valence-electron chi connectivity index (χ3n) is 5.26. The van der Waals surface area contributed by atoms with Gasteiger partial charge in [0.2, 0.25) is 0 Å². The fourth-order valence-electron chi connectivity index (χ4n) is 3.34. The maximum atomic E-state index is 13.2. The van der Waals surface area contributed by atoms with Crippen molar-refractivity contribution >= 4 is 5.96 Å². The van der Waals surface area contributed by atoms with Crippen molar-refractivity contribution < 1.29 is 9.13 Å². The average Bonchev–Trinajstić information content (AvgIpc) is 2.53. The summed E-state index contributed by atoms with van der Waals surface area (Å²) in [7, 11) is 0. The molecular weight excluding hydrogens is 293 g/mol. The fraction of sp³-hybridized carbons (Fsp3) is 0.611. The monoisotopic (exact) mass is 319 g/mol. The molecule has 0 bridgehead atoms. The van der Waals surface area contributed by atoms with E-state index in [0.717, 1.165) is 30.9 Å². The lowest BCUT2D eigenvalue weighted by atomic mass is 9.74. The Bertz CT molecular complexity index is 534. The molecule has 1 heterocycles. The molecule has 2 aliphatic rings. The molecule has 1 aromatic carbocycles. The molecule has 23 heavy (non-hydrogen) atoms. The summed E-state index contributed by atoms with van der Waals surface area (Å²) >= 11 is 0. The van der Waals surface area contributed by atoms with Gasteiger partial charge in [0.25, 0.3) is 0 Å². The molecule has 3 rings (SSSR count). The van der Waals surface area contributed by atoms with Gasteiger partial charge in [-0.1, -0.05) is 18.6 Å². The highest BCUT2D eigenvalue weighted by atomic mass is 19.1. The van der Waals surface area contributed by atoms with Gasteiger partial charge < -0.3 is 15.8 Å². The Morgan fingerprint density at radius 3 is 2.57 bits per heavy atom. The van der Waals surface area contributed by atoms with Gasteiger partial charge >= 0.3 is 0 Å². The molecule has 0 atom stereocenters. The molecule has 1 aromatic rings. The number of nitrogens with two attached hydrogens (primary N) is 1. The van der Waals surface area contributed by atoms with E-state index in [1.807, 2.05) is 12.1 Å². The molecule has 3 N–H and O–H groups in total. The summed E-state index contributed by atoms with van der Waals surface area (Å²) in [4.78, 5) is 4.58. The Morgan fingerprint density at radius 1 is 1.26 bits per heavy atom. The van der Waals surface area contributed by atoms with Crippen LogP contribution in [0.4, 0.5) is 4.39 Å². The number of hydrogen-bond donors (Lipinski definition) is 2. The lowest BCUT2D eigenvalue weighted by Crippen LogP contribution is -2.40. The predicted molar refractivity (Wildman–Crippen MR) is 90.0 cm³/mol. The number of aliphatic imine (C=N–C) groups is 1. The normalized spacial score (nSPS) is 21.7. The van der Waals surface area contributed by atoms with Crippen LogP contribution in [0.2, 0.25) is 0 Å². The Kier molecular flexibility index (Phi) is 5.16. The zero-order valence-corrected chi connectivity index (χ0v) is 13.6. The van der Waals surface area contributed by atoms with Gasteiger partial charge in [-0.2, -0.15) is 0 Å². The van der Waals surface area contributed by atoms with Crippen molar-refractivity contribution in [1.82, 2.24) is 5.32 Å². The number of guanidine groups is 1. The van der Waals surface area contributed by atoms with Crippen LogP contribution in [-0.4, -0.2) is 32.3 Å². The third-order valence-corrected chi connectivity index (χ3v) is 5.26. The molecule has 1 saturated carbocycles. The zero-order valence-electron chi connectivity index (χ0n) is 13.6. The summed E-state index contributed by atoms with van der Waals surface area (Å²) in [5.41, 5.74) is 7.05. The Morgan fingerprint density at radius 2 is 1.96 bits per heavy atom. The highest BCUT2D eigenvalue weighted by Gasteiger charge is 2.34. The lowest BCUT2D eigenvalue weighted by Gasteiger charge is -2.36. The molecule has 0 unspecified atom stereocenters. The van der Waals surface area contributed by atoms with E-state index >= 15 is 0 Å². The minimum absolute atomic E-state index is 0.102. The first-order chi connectivity index (χ1) is 11.2. The van der Waals surface area contributed by atoms with Crippen molar-refractivity contribution in [2.24, 2.45) is 16.6 Å². The summed E-state index contributed by atoms with van der Waals surface area (Å²) in [6, 6.07) is 6.78. The summed E-state index contributed by atoms with van der Waals surface area (Å²) in [6.07, 6.45) is 5.68. The fourth-order valence-corrected chi connectivity index (χ4v) is 3.34. The van der Waals surface area contributed by atoms with Crippen LogP contribution in [0.5, 0.6) is 0 Å². The number of rotatable bonds is 5. The van der Waals surface area contributed by atoms with Gasteiger partial charge in [-0.15, -0.1) is 0 Å². The van der Waals surface area contributed by atoms with Gasteiger partial charge in [0, 0.05) is 25.2 Å². The van der Waals surface area contributed by atoms with Crippen LogP contribution in [-0.2, 0) is 10.2 Å². The summed E-state index contributed by atoms with van der Waals surface area (Å²) in [5, 5.41) is 3.24. The third kappa shape index (κ3) is 4.02. The van der Waals surface area contributed by atoms with E-state index in [1.165, 1.54) is 31.4 Å². The smallest absolute Gasteiger partial charge is 0.188 e. The summed E-state index contributed by atoms with van der Waals surface area (Å²) < 4.78 is 18.7. The van der Waals surface area contributed by atoms with Gasteiger partial charge in [-0.05, 0) is 49.3 Å². The largest absolute Gasteiger partial charge is 0.381 e. The molecule has 2 fully saturated rings. The first-order valence-electron chi connectivity index (χ1n) is 8.56. The minimum atomic E-state index is -0.207. The van der Waals surface area contributed by atoms with E-state index in [9.17, 15) is 4.39 Å². The second-order valence-electron chi connectivity index (χ2n) is 6.78. The molecule has 5 heteroatoms. The number of benzene rings is 1. The number of hydrogen-bond acceptors (Lipinski definition) is 2. The Balaban J connectivity index is 1.67. The number of ether oxygens (including phenoxy) is 1. The molecule has 0 amide bonds. The number of nitrogens with zero attached hydrogens (tertiary/aromatic N) is 1. The van der Waals surface area contributed by atoms with Crippen LogP contribution in [0.3, 0.4) is 0 Å². The van der Waals surface area contributed by atoms with E-state index in [4.69, 9.17) is 10.5 Å². The topological polar surface area (TPSA) is 59.6 Å². The minimum Gasteiger partial charge on any atom is -0.381 e. The number of nitrogens with one attached hydrogen (secondary N) is 1. The molecule has 1 aliphatic carbocycles. The lowest BCUT2D eigenvalue weighted by molar-refractivity contribution is 0.0531. The maximum Gasteiger partial charge on any atom is 0.188 e. The van der Waals surface area contributed by atoms with Crippen LogP contribution < -0.4 is 11.1 Å². The second-order valence-corrected chi connectivity index (χ2v) is 6.78. The van der Waals surface area contributed by atoms with Crippen molar-refractivity contribution in [3.63, 3.8) is 0 Å². The van der Waals surface area contributed by atoms with Gasteiger partial charge in [-0.25, -0.2) is 4.39 Å². The molecule has 0 aromatic heterocycles. The Labute approximate surface area is 137 Å². The highest BCUT2D eigenvalue weighted by molar-refractivity contribution is 5.77. The molecular formula is C18H26FN3O. The maximum absolute atomic E-state index is 13.2. The molecule has 126 valence electrons. The molecule has 0 spiro atoms. The first-order valence-corrected chi connectivity index (χ1v) is 8.56. The van der Waals surface area contributed by atoms with E-state index in [-0.39, 0.29) is 11.2 Å². The van der Waals surface area contributed by atoms with Crippen LogP contribution >= 0.6 is 0 Å². The second kappa shape index (κ2) is 7.30. The van der Waals surface area contributed by atoms with E-state index in [0.29, 0.717) is 25.7 Å². The van der Waals surface area contributed by atoms with E-state index in [2.05, 4.69) is 10.3 Å². The molecule has 4 nitrogen and oxygen atoms in total. The van der Waals surface area contributed by atoms with Crippen molar-refractivity contribution in [1.29, 1.82) is 0 Å². The average molecular weight is 319 g/mol. The highest BCUT2D eigenvalue weighted by Crippen LogP contribution is 2.35. The van der Waals surface area contributed by atoms with Gasteiger partial charge in [0.05, 0.1) is 6.54 Å². The summed E-state index contributed by atoms with van der Waals surface area (Å²) in [6.45, 7) is 2.96. The SMILES string of the molecule is NC(=NCC1(c2ccc(F)cc2)CCOCC1)NCC1CCC1. The Hall–Kier alpha value is -1.62. The van der Waals surface area contributed by atoms with Crippen molar-refractivity contribution in [3.8, 4) is 0 Å². The van der Waals surface area contributed by atoms with Crippen molar-refractivity contribution in [3.05, 3.63) is 35.6 Å². The van der Waals surface area contributed by atoms with Gasteiger partial charge in [0.1, 0.15) is 5.82 Å². The standard InChI is InChI=1S/C18H26FN3O/c19-16-6-4-15(5-7-16)18(8-10-23-11-9-18)13-22-17(20)21-12-14-2-1-3-14/h4-7,14H,1-3,8-13H2,(H3,20,21,22). The van der Waals surface area contributed by atoms with E-state index in [1.54, 1.807) is 0 Å². The molecule has 1 aliphatic heterocycles. The van der Waals surface area contributed by atoms with E-state index < -0.39 is 0 Å². The quantitative estimate of drug-likeness (QED) is 0.648.